The summed E-state index contributed by atoms with van der Waals surface area (Å²) in [5.41, 5.74) is 0. The first kappa shape index (κ1) is 10.9. The molecule has 0 aromatic carbocycles. The number of carbonyl (C=O) groups is 1. The highest BCUT2D eigenvalue weighted by molar-refractivity contribution is 5.78. The molecule has 0 aromatic rings. The van der Waals surface area contributed by atoms with Crippen molar-refractivity contribution >= 4 is 5.91 Å². The summed E-state index contributed by atoms with van der Waals surface area (Å²) in [5.74, 6) is 0.459. The van der Waals surface area contributed by atoms with Gasteiger partial charge in [0.25, 0.3) is 0 Å². The fraction of sp³-hybridized carbons (Fsp3) is 0.917. The van der Waals surface area contributed by atoms with Crippen LogP contribution in [0.15, 0.2) is 0 Å². The van der Waals surface area contributed by atoms with E-state index in [0.717, 1.165) is 25.6 Å². The van der Waals surface area contributed by atoms with E-state index in [9.17, 15) is 4.79 Å². The Morgan fingerprint density at radius 1 is 1.27 bits per heavy atom. The van der Waals surface area contributed by atoms with Crippen LogP contribution in [-0.4, -0.2) is 36.0 Å². The lowest BCUT2D eigenvalue weighted by molar-refractivity contribution is -0.133. The number of nitrogens with one attached hydrogen (secondary N) is 1. The summed E-state index contributed by atoms with van der Waals surface area (Å²) in [6.07, 6.45) is 5.16. The van der Waals surface area contributed by atoms with Crippen molar-refractivity contribution < 1.29 is 4.79 Å². The number of hydrogen-bond acceptors (Lipinski definition) is 2. The average molecular weight is 210 g/mol. The number of carbonyl (C=O) groups excluding carboxylic acids is 1. The van der Waals surface area contributed by atoms with Gasteiger partial charge in [-0.25, -0.2) is 0 Å². The van der Waals surface area contributed by atoms with Crippen molar-refractivity contribution in [2.75, 3.05) is 13.1 Å². The maximum absolute atomic E-state index is 11.8. The van der Waals surface area contributed by atoms with Gasteiger partial charge in [0.2, 0.25) is 5.91 Å². The van der Waals surface area contributed by atoms with Gasteiger partial charge in [0.05, 0.1) is 0 Å². The van der Waals surface area contributed by atoms with Crippen molar-refractivity contribution in [1.29, 1.82) is 0 Å². The van der Waals surface area contributed by atoms with E-state index >= 15 is 0 Å². The normalized spacial score (nSPS) is 27.1. The molecule has 1 amide bonds. The molecule has 15 heavy (non-hydrogen) atoms. The Morgan fingerprint density at radius 2 is 2.00 bits per heavy atom. The van der Waals surface area contributed by atoms with E-state index in [1.54, 1.807) is 0 Å². The number of rotatable bonds is 3. The molecule has 0 radical (unpaired) electrons. The second kappa shape index (κ2) is 4.52. The largest absolute Gasteiger partial charge is 0.341 e. The average Bonchev–Trinajstić information content (AvgIpc) is 2.58. The van der Waals surface area contributed by atoms with Crippen molar-refractivity contribution in [2.24, 2.45) is 5.92 Å². The zero-order valence-electron chi connectivity index (χ0n) is 9.83. The van der Waals surface area contributed by atoms with Crippen LogP contribution in [0.25, 0.3) is 0 Å². The Kier molecular flexibility index (Phi) is 3.29. The second-order valence-electron chi connectivity index (χ2n) is 5.22. The fourth-order valence-electron chi connectivity index (χ4n) is 2.37. The molecule has 0 aromatic heterocycles. The zero-order chi connectivity index (χ0) is 10.8. The molecule has 0 bridgehead atoms. The lowest BCUT2D eigenvalue weighted by Crippen LogP contribution is -2.44. The molecule has 0 spiro atoms. The summed E-state index contributed by atoms with van der Waals surface area (Å²) >= 11 is 0. The van der Waals surface area contributed by atoms with Gasteiger partial charge in [-0.3, -0.25) is 4.79 Å². The Hall–Kier alpha value is -0.570. The van der Waals surface area contributed by atoms with Crippen molar-refractivity contribution in [3.8, 4) is 0 Å². The third-order valence-electron chi connectivity index (χ3n) is 3.57. The topological polar surface area (TPSA) is 32.3 Å². The van der Waals surface area contributed by atoms with E-state index in [0.29, 0.717) is 11.9 Å². The molecule has 1 unspecified atom stereocenters. The fourth-order valence-corrected chi connectivity index (χ4v) is 2.37. The lowest BCUT2D eigenvalue weighted by atomic mass is 9.92. The third-order valence-corrected chi connectivity index (χ3v) is 3.57. The predicted molar refractivity (Wildman–Crippen MR) is 60.6 cm³/mol. The molecule has 2 aliphatic rings. The van der Waals surface area contributed by atoms with E-state index in [1.165, 1.54) is 19.3 Å². The van der Waals surface area contributed by atoms with E-state index in [-0.39, 0.29) is 5.92 Å². The summed E-state index contributed by atoms with van der Waals surface area (Å²) < 4.78 is 0. The van der Waals surface area contributed by atoms with Gasteiger partial charge in [-0.2, -0.15) is 0 Å². The maximum atomic E-state index is 11.8. The molecule has 1 aliphatic heterocycles. The summed E-state index contributed by atoms with van der Waals surface area (Å²) in [4.78, 5) is 13.8. The molecule has 3 heteroatoms. The summed E-state index contributed by atoms with van der Waals surface area (Å²) in [7, 11) is 0. The van der Waals surface area contributed by atoms with Gasteiger partial charge in [-0.1, -0.05) is 20.3 Å². The lowest BCUT2D eigenvalue weighted by Gasteiger charge is -2.30. The molecule has 1 aliphatic carbocycles. The SMILES string of the molecule is CC(C)C(=O)N1CCC(NC2CCC2)C1. The van der Waals surface area contributed by atoms with E-state index in [2.05, 4.69) is 5.32 Å². The molecule has 3 nitrogen and oxygen atoms in total. The first-order valence-corrected chi connectivity index (χ1v) is 6.21. The van der Waals surface area contributed by atoms with Gasteiger partial charge in [0.15, 0.2) is 0 Å². The molecule has 1 saturated carbocycles. The molecule has 2 rings (SSSR count). The van der Waals surface area contributed by atoms with Crippen LogP contribution in [0.5, 0.6) is 0 Å². The predicted octanol–water partition coefficient (Wildman–Crippen LogP) is 1.39. The van der Waals surface area contributed by atoms with Crippen LogP contribution in [0.1, 0.15) is 39.5 Å². The van der Waals surface area contributed by atoms with Gasteiger partial charge in [0.1, 0.15) is 0 Å². The smallest absolute Gasteiger partial charge is 0.225 e. The van der Waals surface area contributed by atoms with Crippen LogP contribution in [0.2, 0.25) is 0 Å². The first-order chi connectivity index (χ1) is 7.16. The van der Waals surface area contributed by atoms with E-state index in [1.807, 2.05) is 18.7 Å². The first-order valence-electron chi connectivity index (χ1n) is 6.21. The Labute approximate surface area is 92.2 Å². The molecule has 2 fully saturated rings. The van der Waals surface area contributed by atoms with Crippen molar-refractivity contribution in [1.82, 2.24) is 10.2 Å². The standard InChI is InChI=1S/C12H22N2O/c1-9(2)12(15)14-7-6-11(8-14)13-10-4-3-5-10/h9-11,13H,3-8H2,1-2H3. The zero-order valence-corrected chi connectivity index (χ0v) is 9.83. The third kappa shape index (κ3) is 2.51. The summed E-state index contributed by atoms with van der Waals surface area (Å²) in [6, 6.07) is 1.29. The quantitative estimate of drug-likeness (QED) is 0.763. The van der Waals surface area contributed by atoms with Crippen LogP contribution in [0.3, 0.4) is 0 Å². The van der Waals surface area contributed by atoms with Crippen LogP contribution in [0.4, 0.5) is 0 Å². The van der Waals surface area contributed by atoms with E-state index < -0.39 is 0 Å². The number of likely N-dealkylation sites (tertiary alicyclic amines) is 1. The number of hydrogen-bond donors (Lipinski definition) is 1. The molecule has 1 heterocycles. The molecule has 1 saturated heterocycles. The Balaban J connectivity index is 1.76. The van der Waals surface area contributed by atoms with Gasteiger partial charge in [-0.15, -0.1) is 0 Å². The second-order valence-corrected chi connectivity index (χ2v) is 5.22. The van der Waals surface area contributed by atoms with Crippen LogP contribution >= 0.6 is 0 Å². The van der Waals surface area contributed by atoms with E-state index in [4.69, 9.17) is 0 Å². The minimum atomic E-state index is 0.146. The van der Waals surface area contributed by atoms with Crippen molar-refractivity contribution in [3.05, 3.63) is 0 Å². The molecule has 86 valence electrons. The summed E-state index contributed by atoms with van der Waals surface area (Å²) in [5, 5.41) is 3.65. The monoisotopic (exact) mass is 210 g/mol. The van der Waals surface area contributed by atoms with Crippen molar-refractivity contribution in [3.63, 3.8) is 0 Å². The molecule has 1 atom stereocenters. The molecular weight excluding hydrogens is 188 g/mol. The van der Waals surface area contributed by atoms with Gasteiger partial charge in [0, 0.05) is 31.1 Å². The maximum Gasteiger partial charge on any atom is 0.225 e. The number of amides is 1. The Morgan fingerprint density at radius 3 is 2.53 bits per heavy atom. The van der Waals surface area contributed by atoms with Gasteiger partial charge < -0.3 is 10.2 Å². The minimum absolute atomic E-state index is 0.146. The van der Waals surface area contributed by atoms with Crippen molar-refractivity contribution in [2.45, 2.75) is 51.6 Å². The summed E-state index contributed by atoms with van der Waals surface area (Å²) in [6.45, 7) is 5.83. The number of nitrogens with zero attached hydrogens (tertiary/aromatic N) is 1. The molecular formula is C12H22N2O. The highest BCUT2D eigenvalue weighted by Crippen LogP contribution is 2.21. The van der Waals surface area contributed by atoms with Crippen LogP contribution < -0.4 is 5.32 Å². The van der Waals surface area contributed by atoms with Crippen LogP contribution in [-0.2, 0) is 4.79 Å². The minimum Gasteiger partial charge on any atom is -0.341 e. The van der Waals surface area contributed by atoms with Gasteiger partial charge >= 0.3 is 0 Å². The Bertz CT molecular complexity index is 236. The van der Waals surface area contributed by atoms with Crippen LogP contribution in [0, 0.1) is 5.92 Å². The highest BCUT2D eigenvalue weighted by Gasteiger charge is 2.29. The highest BCUT2D eigenvalue weighted by atomic mass is 16.2. The molecule has 1 N–H and O–H groups in total. The van der Waals surface area contributed by atoms with Gasteiger partial charge in [-0.05, 0) is 19.3 Å².